The Kier molecular flexibility index (Phi) is 10.4. The van der Waals surface area contributed by atoms with Crippen molar-refractivity contribution in [2.75, 3.05) is 29.9 Å². The van der Waals surface area contributed by atoms with Crippen LogP contribution in [0.5, 0.6) is 11.5 Å². The molecule has 4 aromatic carbocycles. The van der Waals surface area contributed by atoms with Gasteiger partial charge in [-0.25, -0.2) is 13.8 Å². The molecule has 0 aromatic heterocycles. The minimum atomic E-state index is -4.09. The molecule has 0 bridgehead atoms. The van der Waals surface area contributed by atoms with Crippen molar-refractivity contribution in [3.63, 3.8) is 0 Å². The molecule has 0 aliphatic rings. The number of halogens is 1. The molecule has 0 radical (unpaired) electrons. The van der Waals surface area contributed by atoms with Gasteiger partial charge in [0.05, 0.1) is 29.6 Å². The van der Waals surface area contributed by atoms with Gasteiger partial charge in [-0.15, -0.1) is 0 Å². The molecule has 4 rings (SSSR count). The lowest BCUT2D eigenvalue weighted by molar-refractivity contribution is -0.119. The summed E-state index contributed by atoms with van der Waals surface area (Å²) in [6.07, 6.45) is 1.40. The van der Waals surface area contributed by atoms with Gasteiger partial charge < -0.3 is 14.8 Å². The highest BCUT2D eigenvalue weighted by Crippen LogP contribution is 2.29. The summed E-state index contributed by atoms with van der Waals surface area (Å²) in [5.74, 6) is -0.0167. The SMILES string of the molecule is COc1ccccc1NC(=O)COc1ccc(/C=N\NC(=O)CN(c2cc(Cl)ccc2C)S(=O)(=O)c2ccccc2)cc1. The number of nitrogens with zero attached hydrogens (tertiary/aromatic N) is 2. The van der Waals surface area contributed by atoms with Gasteiger partial charge in [-0.1, -0.05) is 48.0 Å². The summed E-state index contributed by atoms with van der Waals surface area (Å²) in [5.41, 5.74) is 4.45. The predicted octanol–water partition coefficient (Wildman–Crippen LogP) is 5.02. The van der Waals surface area contributed by atoms with E-state index < -0.39 is 22.5 Å². The first-order valence-corrected chi connectivity index (χ1v) is 14.8. The maximum absolute atomic E-state index is 13.5. The molecule has 0 fully saturated rings. The van der Waals surface area contributed by atoms with Crippen molar-refractivity contribution in [1.29, 1.82) is 0 Å². The van der Waals surface area contributed by atoms with Crippen LogP contribution in [0.2, 0.25) is 5.02 Å². The van der Waals surface area contributed by atoms with Crippen molar-refractivity contribution < 1.29 is 27.5 Å². The number of amides is 2. The Bertz CT molecular complexity index is 1710. The third kappa shape index (κ3) is 8.34. The average Bonchev–Trinajstić information content (AvgIpc) is 3.01. The third-order valence-electron chi connectivity index (χ3n) is 6.09. The van der Waals surface area contributed by atoms with E-state index in [0.717, 1.165) is 4.31 Å². The number of para-hydroxylation sites is 2. The van der Waals surface area contributed by atoms with Crippen molar-refractivity contribution >= 4 is 51.0 Å². The van der Waals surface area contributed by atoms with E-state index in [1.165, 1.54) is 31.5 Å². The van der Waals surface area contributed by atoms with Crippen molar-refractivity contribution in [1.82, 2.24) is 5.43 Å². The number of methoxy groups -OCH3 is 1. The van der Waals surface area contributed by atoms with Crippen LogP contribution in [0.25, 0.3) is 0 Å². The van der Waals surface area contributed by atoms with Gasteiger partial charge in [0.1, 0.15) is 18.0 Å². The van der Waals surface area contributed by atoms with Gasteiger partial charge in [0, 0.05) is 5.02 Å². The topological polar surface area (TPSA) is 126 Å². The Morgan fingerprint density at radius 2 is 1.63 bits per heavy atom. The zero-order chi connectivity index (χ0) is 30.8. The molecule has 0 aliphatic heterocycles. The first kappa shape index (κ1) is 31.1. The second kappa shape index (κ2) is 14.3. The molecule has 0 heterocycles. The summed E-state index contributed by atoms with van der Waals surface area (Å²) in [6.45, 7) is 0.991. The molecular formula is C31H29ClN4O6S. The van der Waals surface area contributed by atoms with Gasteiger partial charge in [0.25, 0.3) is 21.8 Å². The van der Waals surface area contributed by atoms with Gasteiger partial charge in [0.2, 0.25) is 0 Å². The maximum atomic E-state index is 13.5. The number of benzene rings is 4. The van der Waals surface area contributed by atoms with E-state index in [-0.39, 0.29) is 23.1 Å². The standard InChI is InChI=1S/C31H29ClN4O6S/c1-22-12-15-24(32)18-28(22)36(43(39,40)26-8-4-3-5-9-26)20-30(37)35-33-19-23-13-16-25(17-14-23)42-21-31(38)34-27-10-6-7-11-29(27)41-2/h3-19H,20-21H2,1-2H3,(H,34,38)(H,35,37)/b33-19-. The Morgan fingerprint density at radius 3 is 2.35 bits per heavy atom. The molecule has 0 unspecified atom stereocenters. The van der Waals surface area contributed by atoms with Crippen molar-refractivity contribution in [3.05, 3.63) is 113 Å². The van der Waals surface area contributed by atoms with Crippen LogP contribution < -0.4 is 24.5 Å². The highest BCUT2D eigenvalue weighted by molar-refractivity contribution is 7.92. The molecule has 43 heavy (non-hydrogen) atoms. The fourth-order valence-corrected chi connectivity index (χ4v) is 5.61. The number of ether oxygens (including phenoxy) is 2. The van der Waals surface area contributed by atoms with Crippen LogP contribution in [0.1, 0.15) is 11.1 Å². The van der Waals surface area contributed by atoms with Gasteiger partial charge in [-0.05, 0) is 78.7 Å². The summed E-state index contributed by atoms with van der Waals surface area (Å²) in [4.78, 5) is 25.1. The summed E-state index contributed by atoms with van der Waals surface area (Å²) < 4.78 is 38.8. The molecule has 0 saturated carbocycles. The highest BCUT2D eigenvalue weighted by Gasteiger charge is 2.28. The van der Waals surface area contributed by atoms with E-state index in [9.17, 15) is 18.0 Å². The lowest BCUT2D eigenvalue weighted by atomic mass is 10.2. The van der Waals surface area contributed by atoms with E-state index in [1.54, 1.807) is 85.8 Å². The Balaban J connectivity index is 1.36. The number of carbonyl (C=O) groups excluding carboxylic acids is 2. The number of rotatable bonds is 12. The summed E-state index contributed by atoms with van der Waals surface area (Å²) in [7, 11) is -2.57. The van der Waals surface area contributed by atoms with Crippen molar-refractivity contribution in [3.8, 4) is 11.5 Å². The van der Waals surface area contributed by atoms with Crippen LogP contribution >= 0.6 is 11.6 Å². The molecule has 0 spiro atoms. The van der Waals surface area contributed by atoms with E-state index >= 15 is 0 Å². The van der Waals surface area contributed by atoms with Crippen LogP contribution in [0.4, 0.5) is 11.4 Å². The van der Waals surface area contributed by atoms with Gasteiger partial charge in [-0.2, -0.15) is 5.10 Å². The van der Waals surface area contributed by atoms with E-state index in [4.69, 9.17) is 21.1 Å². The lowest BCUT2D eigenvalue weighted by Gasteiger charge is -2.25. The Labute approximate surface area is 254 Å². The molecule has 0 saturated heterocycles. The molecule has 0 atom stereocenters. The summed E-state index contributed by atoms with van der Waals surface area (Å²) >= 11 is 6.16. The zero-order valence-electron chi connectivity index (χ0n) is 23.4. The first-order chi connectivity index (χ1) is 20.7. The summed E-state index contributed by atoms with van der Waals surface area (Å²) in [5, 5.41) is 7.02. The van der Waals surface area contributed by atoms with Gasteiger partial charge in [0.15, 0.2) is 6.61 Å². The molecule has 12 heteroatoms. The molecule has 10 nitrogen and oxygen atoms in total. The number of carbonyl (C=O) groups is 2. The van der Waals surface area contributed by atoms with Gasteiger partial charge >= 0.3 is 0 Å². The summed E-state index contributed by atoms with van der Waals surface area (Å²) in [6, 6.07) is 26.4. The number of nitrogens with one attached hydrogen (secondary N) is 2. The average molecular weight is 621 g/mol. The normalized spacial score (nSPS) is 11.1. The van der Waals surface area contributed by atoms with E-state index in [0.29, 0.717) is 33.3 Å². The van der Waals surface area contributed by atoms with Crippen LogP contribution in [-0.2, 0) is 19.6 Å². The molecular weight excluding hydrogens is 592 g/mol. The maximum Gasteiger partial charge on any atom is 0.264 e. The largest absolute Gasteiger partial charge is 0.495 e. The molecule has 0 aliphatic carbocycles. The van der Waals surface area contributed by atoms with Crippen LogP contribution in [0.15, 0.2) is 107 Å². The second-order valence-electron chi connectivity index (χ2n) is 9.15. The monoisotopic (exact) mass is 620 g/mol. The quantitative estimate of drug-likeness (QED) is 0.169. The Hall–Kier alpha value is -4.87. The molecule has 2 N–H and O–H groups in total. The van der Waals surface area contributed by atoms with Crippen molar-refractivity contribution in [2.45, 2.75) is 11.8 Å². The molecule has 2 amide bonds. The van der Waals surface area contributed by atoms with Crippen LogP contribution in [0.3, 0.4) is 0 Å². The molecule has 4 aromatic rings. The molecule has 222 valence electrons. The smallest absolute Gasteiger partial charge is 0.264 e. The third-order valence-corrected chi connectivity index (χ3v) is 8.10. The first-order valence-electron chi connectivity index (χ1n) is 13.0. The Morgan fingerprint density at radius 1 is 0.930 bits per heavy atom. The minimum Gasteiger partial charge on any atom is -0.495 e. The second-order valence-corrected chi connectivity index (χ2v) is 11.5. The number of hydrogen-bond acceptors (Lipinski definition) is 7. The number of hydrogen-bond donors (Lipinski definition) is 2. The fraction of sp³-hybridized carbons (Fsp3) is 0.129. The fourth-order valence-electron chi connectivity index (χ4n) is 3.95. The number of aryl methyl sites for hydroxylation is 1. The number of hydrazone groups is 1. The van der Waals surface area contributed by atoms with E-state index in [2.05, 4.69) is 15.8 Å². The highest BCUT2D eigenvalue weighted by atomic mass is 35.5. The van der Waals surface area contributed by atoms with Crippen LogP contribution in [-0.4, -0.2) is 46.7 Å². The zero-order valence-corrected chi connectivity index (χ0v) is 24.9. The van der Waals surface area contributed by atoms with Crippen LogP contribution in [0, 0.1) is 6.92 Å². The van der Waals surface area contributed by atoms with Gasteiger partial charge in [-0.3, -0.25) is 13.9 Å². The van der Waals surface area contributed by atoms with E-state index in [1.807, 2.05) is 0 Å². The number of anilines is 2. The van der Waals surface area contributed by atoms with Crippen molar-refractivity contribution in [2.24, 2.45) is 5.10 Å². The minimum absolute atomic E-state index is 0.0326. The predicted molar refractivity (Wildman–Crippen MR) is 166 cm³/mol. The number of sulfonamides is 1. The lowest BCUT2D eigenvalue weighted by Crippen LogP contribution is -2.40.